The van der Waals surface area contributed by atoms with Crippen molar-refractivity contribution in [2.45, 2.75) is 6.92 Å². The second-order valence-corrected chi connectivity index (χ2v) is 5.42. The van der Waals surface area contributed by atoms with Gasteiger partial charge in [0.1, 0.15) is 12.0 Å². The predicted octanol–water partition coefficient (Wildman–Crippen LogP) is 5.05. The number of hydrogen-bond donors (Lipinski definition) is 1. The van der Waals surface area contributed by atoms with E-state index in [9.17, 15) is 0 Å². The molecule has 118 valence electrons. The summed E-state index contributed by atoms with van der Waals surface area (Å²) in [5, 5.41) is 3.19. The molecule has 0 unspecified atom stereocenters. The largest absolute Gasteiger partial charge is 0.451 e. The summed E-state index contributed by atoms with van der Waals surface area (Å²) < 4.78 is 10.8. The van der Waals surface area contributed by atoms with Crippen molar-refractivity contribution in [3.05, 3.63) is 72.9 Å². The van der Waals surface area contributed by atoms with Gasteiger partial charge in [0, 0.05) is 16.8 Å². The van der Waals surface area contributed by atoms with E-state index in [1.165, 1.54) is 6.39 Å². The molecule has 4 rings (SSSR count). The molecule has 0 aliphatic rings. The van der Waals surface area contributed by atoms with E-state index in [1.807, 2.05) is 55.5 Å². The second-order valence-electron chi connectivity index (χ2n) is 5.42. The van der Waals surface area contributed by atoms with Crippen molar-refractivity contribution in [1.29, 1.82) is 0 Å². The van der Waals surface area contributed by atoms with E-state index in [2.05, 4.69) is 15.3 Å². The summed E-state index contributed by atoms with van der Waals surface area (Å²) in [6, 6.07) is 16.3. The van der Waals surface area contributed by atoms with Gasteiger partial charge in [0.15, 0.2) is 12.2 Å². The fourth-order valence-electron chi connectivity index (χ4n) is 2.57. The molecule has 5 nitrogen and oxygen atoms in total. The van der Waals surface area contributed by atoms with Crippen molar-refractivity contribution >= 4 is 11.7 Å². The van der Waals surface area contributed by atoms with Gasteiger partial charge in [-0.3, -0.25) is 0 Å². The van der Waals surface area contributed by atoms with Crippen LogP contribution in [0.4, 0.5) is 11.7 Å². The zero-order valence-electron chi connectivity index (χ0n) is 13.1. The molecule has 0 radical (unpaired) electrons. The Morgan fingerprint density at radius 2 is 1.88 bits per heavy atom. The highest BCUT2D eigenvalue weighted by Gasteiger charge is 2.09. The van der Waals surface area contributed by atoms with Gasteiger partial charge in [0.25, 0.3) is 6.01 Å². The van der Waals surface area contributed by atoms with Crippen LogP contribution >= 0.6 is 0 Å². The van der Waals surface area contributed by atoms with Gasteiger partial charge in [0.05, 0.1) is 6.20 Å². The number of benzene rings is 2. The Bertz CT molecular complexity index is 944. The van der Waals surface area contributed by atoms with Crippen LogP contribution in [0.2, 0.25) is 0 Å². The summed E-state index contributed by atoms with van der Waals surface area (Å²) in [6.07, 6.45) is 4.78. The molecule has 0 atom stereocenters. The molecular formula is C19H15N3O2. The van der Waals surface area contributed by atoms with Crippen molar-refractivity contribution in [3.8, 4) is 22.6 Å². The van der Waals surface area contributed by atoms with Crippen LogP contribution in [0.5, 0.6) is 0 Å². The Hall–Kier alpha value is -3.34. The van der Waals surface area contributed by atoms with Crippen LogP contribution < -0.4 is 5.32 Å². The monoisotopic (exact) mass is 317 g/mol. The van der Waals surface area contributed by atoms with Gasteiger partial charge in [-0.15, -0.1) is 0 Å². The molecular weight excluding hydrogens is 302 g/mol. The minimum Gasteiger partial charge on any atom is -0.451 e. The molecule has 0 spiro atoms. The summed E-state index contributed by atoms with van der Waals surface area (Å²) >= 11 is 0. The van der Waals surface area contributed by atoms with E-state index < -0.39 is 0 Å². The van der Waals surface area contributed by atoms with Gasteiger partial charge in [-0.2, -0.15) is 0 Å². The summed E-state index contributed by atoms with van der Waals surface area (Å²) in [7, 11) is 0. The molecule has 5 heteroatoms. The number of aromatic nitrogens is 2. The molecule has 0 amide bonds. The van der Waals surface area contributed by atoms with Gasteiger partial charge >= 0.3 is 0 Å². The first-order valence-electron chi connectivity index (χ1n) is 7.57. The van der Waals surface area contributed by atoms with Gasteiger partial charge in [-0.25, -0.2) is 9.97 Å². The number of anilines is 2. The molecule has 0 saturated heterocycles. The van der Waals surface area contributed by atoms with E-state index in [1.54, 1.807) is 12.5 Å². The van der Waals surface area contributed by atoms with Crippen LogP contribution in [0, 0.1) is 6.92 Å². The first-order chi connectivity index (χ1) is 11.8. The smallest absolute Gasteiger partial charge is 0.299 e. The highest BCUT2D eigenvalue weighted by molar-refractivity contribution is 5.68. The van der Waals surface area contributed by atoms with Crippen molar-refractivity contribution in [2.24, 2.45) is 0 Å². The average molecular weight is 317 g/mol. The third-order valence-corrected chi connectivity index (χ3v) is 3.75. The van der Waals surface area contributed by atoms with Crippen LogP contribution in [0.3, 0.4) is 0 Å². The molecule has 2 heterocycles. The third kappa shape index (κ3) is 2.79. The van der Waals surface area contributed by atoms with Crippen molar-refractivity contribution in [2.75, 3.05) is 5.32 Å². The number of hydrogen-bond acceptors (Lipinski definition) is 5. The van der Waals surface area contributed by atoms with Gasteiger partial charge in [0.2, 0.25) is 0 Å². The molecule has 0 saturated carbocycles. The number of rotatable bonds is 4. The SMILES string of the molecule is Cc1cc(Nc2ncc(-c3ccccc3)o2)ccc1-c1cocn1. The van der Waals surface area contributed by atoms with Crippen LogP contribution in [0.25, 0.3) is 22.6 Å². The lowest BCUT2D eigenvalue weighted by molar-refractivity contribution is 0.558. The fourth-order valence-corrected chi connectivity index (χ4v) is 2.57. The van der Waals surface area contributed by atoms with E-state index >= 15 is 0 Å². The molecule has 24 heavy (non-hydrogen) atoms. The van der Waals surface area contributed by atoms with Crippen molar-refractivity contribution in [1.82, 2.24) is 9.97 Å². The Morgan fingerprint density at radius 3 is 2.62 bits per heavy atom. The standard InChI is InChI=1S/C19H15N3O2/c1-13-9-15(7-8-16(13)17-11-23-12-21-17)22-19-20-10-18(24-19)14-5-3-2-4-6-14/h2-12H,1H3,(H,20,22). The zero-order chi connectivity index (χ0) is 16.4. The van der Waals surface area contributed by atoms with E-state index in [0.717, 1.165) is 33.8 Å². The number of nitrogens with zero attached hydrogens (tertiary/aromatic N) is 2. The number of aryl methyl sites for hydroxylation is 1. The quantitative estimate of drug-likeness (QED) is 0.570. The Morgan fingerprint density at radius 1 is 1.00 bits per heavy atom. The summed E-state index contributed by atoms with van der Waals surface area (Å²) in [5.74, 6) is 0.731. The van der Waals surface area contributed by atoms with Crippen LogP contribution in [0.15, 0.2) is 76.2 Å². The fraction of sp³-hybridized carbons (Fsp3) is 0.0526. The lowest BCUT2D eigenvalue weighted by atomic mass is 10.1. The van der Waals surface area contributed by atoms with Gasteiger partial charge < -0.3 is 14.2 Å². The molecule has 0 aliphatic carbocycles. The lowest BCUT2D eigenvalue weighted by Gasteiger charge is -2.06. The third-order valence-electron chi connectivity index (χ3n) is 3.75. The molecule has 2 aromatic carbocycles. The topological polar surface area (TPSA) is 64.1 Å². The first kappa shape index (κ1) is 14.3. The van der Waals surface area contributed by atoms with Crippen molar-refractivity contribution < 1.29 is 8.83 Å². The second kappa shape index (κ2) is 6.04. The molecule has 1 N–H and O–H groups in total. The first-order valence-corrected chi connectivity index (χ1v) is 7.57. The zero-order valence-corrected chi connectivity index (χ0v) is 13.1. The minimum atomic E-state index is 0.461. The summed E-state index contributed by atoms with van der Waals surface area (Å²) in [6.45, 7) is 2.03. The molecule has 0 bridgehead atoms. The van der Waals surface area contributed by atoms with E-state index in [-0.39, 0.29) is 0 Å². The molecule has 0 aliphatic heterocycles. The van der Waals surface area contributed by atoms with Gasteiger partial charge in [-0.05, 0) is 24.6 Å². The highest BCUT2D eigenvalue weighted by Crippen LogP contribution is 2.27. The Kier molecular flexibility index (Phi) is 3.59. The Balaban J connectivity index is 1.56. The van der Waals surface area contributed by atoms with E-state index in [4.69, 9.17) is 8.83 Å². The van der Waals surface area contributed by atoms with Crippen LogP contribution in [-0.4, -0.2) is 9.97 Å². The maximum absolute atomic E-state index is 5.77. The average Bonchev–Trinajstić information content (AvgIpc) is 3.28. The lowest BCUT2D eigenvalue weighted by Crippen LogP contribution is -1.92. The molecule has 0 fully saturated rings. The highest BCUT2D eigenvalue weighted by atomic mass is 16.4. The minimum absolute atomic E-state index is 0.461. The summed E-state index contributed by atoms with van der Waals surface area (Å²) in [4.78, 5) is 8.46. The predicted molar refractivity (Wildman–Crippen MR) is 91.9 cm³/mol. The van der Waals surface area contributed by atoms with Crippen LogP contribution in [0.1, 0.15) is 5.56 Å². The molecule has 4 aromatic rings. The number of nitrogens with one attached hydrogen (secondary N) is 1. The maximum atomic E-state index is 5.77. The molecule has 2 aromatic heterocycles. The van der Waals surface area contributed by atoms with E-state index in [0.29, 0.717) is 6.01 Å². The Labute approximate surface area is 139 Å². The van der Waals surface area contributed by atoms with Gasteiger partial charge in [-0.1, -0.05) is 36.4 Å². The van der Waals surface area contributed by atoms with Crippen LogP contribution in [-0.2, 0) is 0 Å². The number of oxazole rings is 2. The van der Waals surface area contributed by atoms with Crippen molar-refractivity contribution in [3.63, 3.8) is 0 Å². The summed E-state index contributed by atoms with van der Waals surface area (Å²) in [5.41, 5.74) is 4.84. The normalized spacial score (nSPS) is 10.7. The maximum Gasteiger partial charge on any atom is 0.299 e.